The number of carbonyl (C=O) groups is 1. The van der Waals surface area contributed by atoms with E-state index in [1.165, 1.54) is 0 Å². The van der Waals surface area contributed by atoms with Crippen molar-refractivity contribution in [2.45, 2.75) is 26.4 Å². The molecule has 7 nitrogen and oxygen atoms in total. The van der Waals surface area contributed by atoms with Gasteiger partial charge in [-0.1, -0.05) is 23.7 Å². The van der Waals surface area contributed by atoms with E-state index in [1.54, 1.807) is 15.7 Å². The molecular formula is C16H16ClIN6O. The summed E-state index contributed by atoms with van der Waals surface area (Å²) in [5, 5.41) is 12.0. The number of benzene rings is 1. The Kier molecular flexibility index (Phi) is 5.69. The van der Waals surface area contributed by atoms with Crippen LogP contribution < -0.4 is 5.32 Å². The molecule has 0 fully saturated rings. The average molecular weight is 471 g/mol. The monoisotopic (exact) mass is 470 g/mol. The van der Waals surface area contributed by atoms with Gasteiger partial charge in [0.05, 0.1) is 15.8 Å². The van der Waals surface area contributed by atoms with Crippen LogP contribution in [-0.2, 0) is 17.9 Å². The van der Waals surface area contributed by atoms with Crippen molar-refractivity contribution in [1.82, 2.24) is 24.5 Å². The topological polar surface area (TPSA) is 77.6 Å². The highest BCUT2D eigenvalue weighted by atomic mass is 127. The lowest BCUT2D eigenvalue weighted by atomic mass is 10.2. The molecule has 0 unspecified atom stereocenters. The number of rotatable bonds is 6. The van der Waals surface area contributed by atoms with Gasteiger partial charge in [-0.3, -0.25) is 14.8 Å². The third-order valence-corrected chi connectivity index (χ3v) is 4.77. The lowest BCUT2D eigenvalue weighted by molar-refractivity contribution is -0.116. The van der Waals surface area contributed by atoms with Gasteiger partial charge in [-0.2, -0.15) is 5.10 Å². The fourth-order valence-corrected chi connectivity index (χ4v) is 2.90. The van der Waals surface area contributed by atoms with Crippen LogP contribution in [0.2, 0.25) is 5.02 Å². The van der Waals surface area contributed by atoms with Crippen molar-refractivity contribution < 1.29 is 4.79 Å². The van der Waals surface area contributed by atoms with Gasteiger partial charge in [0.2, 0.25) is 11.9 Å². The minimum absolute atomic E-state index is 0.149. The van der Waals surface area contributed by atoms with Gasteiger partial charge in [0.1, 0.15) is 6.33 Å². The van der Waals surface area contributed by atoms with Gasteiger partial charge < -0.3 is 0 Å². The van der Waals surface area contributed by atoms with Crippen LogP contribution in [0.25, 0.3) is 0 Å². The Morgan fingerprint density at radius 2 is 2.16 bits per heavy atom. The molecule has 0 aliphatic heterocycles. The Hall–Kier alpha value is -1.94. The standard InChI is InChI=1S/C16H16ClIN6O/c1-11-14(18)9-23(21-11)6-5-15(25)20-16-19-10-24(22-16)8-12-3-2-4-13(17)7-12/h2-4,7,9-10H,5-6,8H2,1H3,(H,20,22,25). The molecule has 0 spiro atoms. The van der Waals surface area contributed by atoms with E-state index in [-0.39, 0.29) is 5.91 Å². The van der Waals surface area contributed by atoms with Crippen molar-refractivity contribution in [3.63, 3.8) is 0 Å². The van der Waals surface area contributed by atoms with E-state index in [1.807, 2.05) is 37.4 Å². The van der Waals surface area contributed by atoms with Crippen molar-refractivity contribution >= 4 is 46.0 Å². The molecule has 1 aromatic carbocycles. The molecule has 0 bridgehead atoms. The molecule has 0 saturated heterocycles. The number of aryl methyl sites for hydroxylation is 2. The number of aromatic nitrogens is 5. The van der Waals surface area contributed by atoms with Gasteiger partial charge in [-0.25, -0.2) is 9.67 Å². The lowest BCUT2D eigenvalue weighted by Crippen LogP contribution is -2.16. The maximum Gasteiger partial charge on any atom is 0.248 e. The van der Waals surface area contributed by atoms with Crippen LogP contribution in [0, 0.1) is 10.5 Å². The zero-order valence-electron chi connectivity index (χ0n) is 13.5. The first kappa shape index (κ1) is 17.9. The summed E-state index contributed by atoms with van der Waals surface area (Å²) in [6.45, 7) is 2.99. The van der Waals surface area contributed by atoms with E-state index in [2.05, 4.69) is 43.1 Å². The predicted molar refractivity (Wildman–Crippen MR) is 104 cm³/mol. The van der Waals surface area contributed by atoms with Crippen LogP contribution in [0.1, 0.15) is 17.7 Å². The highest BCUT2D eigenvalue weighted by molar-refractivity contribution is 14.1. The molecule has 2 aromatic heterocycles. The van der Waals surface area contributed by atoms with Crippen molar-refractivity contribution in [2.24, 2.45) is 0 Å². The molecule has 0 aliphatic rings. The molecule has 0 atom stereocenters. The molecule has 0 aliphatic carbocycles. The summed E-state index contributed by atoms with van der Waals surface area (Å²) in [6, 6.07) is 7.53. The normalized spacial score (nSPS) is 10.8. The average Bonchev–Trinajstić information content (AvgIpc) is 3.12. The zero-order chi connectivity index (χ0) is 17.8. The largest absolute Gasteiger partial charge is 0.293 e. The van der Waals surface area contributed by atoms with Gasteiger partial charge in [0, 0.05) is 24.2 Å². The maximum atomic E-state index is 12.0. The molecule has 2 heterocycles. The minimum atomic E-state index is -0.149. The molecule has 3 aromatic rings. The van der Waals surface area contributed by atoms with E-state index < -0.39 is 0 Å². The smallest absolute Gasteiger partial charge is 0.248 e. The Morgan fingerprint density at radius 1 is 1.32 bits per heavy atom. The SMILES string of the molecule is Cc1nn(CCC(=O)Nc2ncn(Cc3cccc(Cl)c3)n2)cc1I. The van der Waals surface area contributed by atoms with Crippen LogP contribution in [0.5, 0.6) is 0 Å². The Labute approximate surface area is 163 Å². The van der Waals surface area contributed by atoms with Crippen molar-refractivity contribution in [3.8, 4) is 0 Å². The summed E-state index contributed by atoms with van der Waals surface area (Å²) in [5.41, 5.74) is 1.97. The summed E-state index contributed by atoms with van der Waals surface area (Å²) in [7, 11) is 0. The van der Waals surface area contributed by atoms with Gasteiger partial charge in [-0.05, 0) is 47.2 Å². The third kappa shape index (κ3) is 5.02. The Morgan fingerprint density at radius 3 is 2.88 bits per heavy atom. The van der Waals surface area contributed by atoms with Gasteiger partial charge in [0.25, 0.3) is 0 Å². The van der Waals surface area contributed by atoms with Gasteiger partial charge in [0.15, 0.2) is 0 Å². The quantitative estimate of drug-likeness (QED) is 0.562. The van der Waals surface area contributed by atoms with Crippen LogP contribution >= 0.6 is 34.2 Å². The highest BCUT2D eigenvalue weighted by Crippen LogP contribution is 2.12. The van der Waals surface area contributed by atoms with E-state index in [4.69, 9.17) is 11.6 Å². The predicted octanol–water partition coefficient (Wildman–Crippen LogP) is 3.12. The fourth-order valence-electron chi connectivity index (χ4n) is 2.26. The van der Waals surface area contributed by atoms with E-state index in [0.717, 1.165) is 14.8 Å². The number of halogens is 2. The number of hydrogen-bond acceptors (Lipinski definition) is 4. The molecule has 25 heavy (non-hydrogen) atoms. The first-order chi connectivity index (χ1) is 12.0. The molecule has 3 rings (SSSR count). The minimum Gasteiger partial charge on any atom is -0.293 e. The second-order valence-corrected chi connectivity index (χ2v) is 7.12. The highest BCUT2D eigenvalue weighted by Gasteiger charge is 2.08. The number of nitrogens with zero attached hydrogens (tertiary/aromatic N) is 5. The number of anilines is 1. The van der Waals surface area contributed by atoms with Crippen LogP contribution in [-0.4, -0.2) is 30.5 Å². The van der Waals surface area contributed by atoms with E-state index in [9.17, 15) is 4.79 Å². The first-order valence-electron chi connectivity index (χ1n) is 7.63. The molecule has 130 valence electrons. The molecule has 1 N–H and O–H groups in total. The Balaban J connectivity index is 1.53. The summed E-state index contributed by atoms with van der Waals surface area (Å²) in [6.07, 6.45) is 3.80. The summed E-state index contributed by atoms with van der Waals surface area (Å²) >= 11 is 8.19. The van der Waals surface area contributed by atoms with Gasteiger partial charge in [-0.15, -0.1) is 5.10 Å². The first-order valence-corrected chi connectivity index (χ1v) is 9.08. The molecule has 0 saturated carbocycles. The summed E-state index contributed by atoms with van der Waals surface area (Å²) in [4.78, 5) is 16.1. The second-order valence-electron chi connectivity index (χ2n) is 5.52. The number of amides is 1. The fraction of sp³-hybridized carbons (Fsp3) is 0.250. The zero-order valence-corrected chi connectivity index (χ0v) is 16.4. The van der Waals surface area contributed by atoms with Crippen LogP contribution in [0.15, 0.2) is 36.8 Å². The summed E-state index contributed by atoms with van der Waals surface area (Å²) < 4.78 is 4.50. The number of nitrogens with one attached hydrogen (secondary N) is 1. The molecule has 0 radical (unpaired) electrons. The number of carbonyl (C=O) groups excluding carboxylic acids is 1. The third-order valence-electron chi connectivity index (χ3n) is 3.48. The van der Waals surface area contributed by atoms with E-state index >= 15 is 0 Å². The molecular weight excluding hydrogens is 455 g/mol. The number of hydrogen-bond donors (Lipinski definition) is 1. The lowest BCUT2D eigenvalue weighted by Gasteiger charge is -2.03. The van der Waals surface area contributed by atoms with Crippen LogP contribution in [0.3, 0.4) is 0 Å². The van der Waals surface area contributed by atoms with E-state index in [0.29, 0.717) is 30.5 Å². The maximum absolute atomic E-state index is 12.0. The second kappa shape index (κ2) is 7.96. The van der Waals surface area contributed by atoms with Gasteiger partial charge >= 0.3 is 0 Å². The van der Waals surface area contributed by atoms with Crippen molar-refractivity contribution in [3.05, 3.63) is 56.6 Å². The van der Waals surface area contributed by atoms with Crippen LogP contribution in [0.4, 0.5) is 5.95 Å². The van der Waals surface area contributed by atoms with Crippen molar-refractivity contribution in [2.75, 3.05) is 5.32 Å². The Bertz CT molecular complexity index is 871. The summed E-state index contributed by atoms with van der Waals surface area (Å²) in [5.74, 6) is 0.141. The van der Waals surface area contributed by atoms with Crippen molar-refractivity contribution in [1.29, 1.82) is 0 Å². The molecule has 9 heteroatoms. The molecule has 1 amide bonds.